The largest absolute Gasteiger partial charge is 0.363 e. The molecule has 2 heterocycles. The van der Waals surface area contributed by atoms with Gasteiger partial charge in [0.15, 0.2) is 0 Å². The Morgan fingerprint density at radius 2 is 2.33 bits per heavy atom. The van der Waals surface area contributed by atoms with Crippen LogP contribution in [0, 0.1) is 0 Å². The van der Waals surface area contributed by atoms with Crippen molar-refractivity contribution in [1.29, 1.82) is 0 Å². The molecule has 0 fully saturated rings. The van der Waals surface area contributed by atoms with E-state index in [1.807, 2.05) is 6.07 Å². The second-order valence-corrected chi connectivity index (χ2v) is 4.47. The maximum absolute atomic E-state index is 5.76. The van der Waals surface area contributed by atoms with Gasteiger partial charge in [-0.05, 0) is 18.4 Å². The molecule has 0 amide bonds. The highest BCUT2D eigenvalue weighted by atomic mass is 35.5. The van der Waals surface area contributed by atoms with Crippen LogP contribution in [0.5, 0.6) is 0 Å². The molecule has 0 aromatic carbocycles. The summed E-state index contributed by atoms with van der Waals surface area (Å²) < 4.78 is 0. The molecule has 2 aromatic heterocycles. The van der Waals surface area contributed by atoms with E-state index < -0.39 is 0 Å². The molecule has 0 bridgehead atoms. The molecule has 0 saturated heterocycles. The Morgan fingerprint density at radius 3 is 3.00 bits per heavy atom. The van der Waals surface area contributed by atoms with Crippen molar-refractivity contribution in [3.63, 3.8) is 0 Å². The van der Waals surface area contributed by atoms with Crippen LogP contribution >= 0.6 is 22.9 Å². The summed E-state index contributed by atoms with van der Waals surface area (Å²) in [5.74, 6) is 0.746. The summed E-state index contributed by atoms with van der Waals surface area (Å²) in [6.45, 7) is 2.09. The molecular weight excluding hydrogens is 230 g/mol. The Kier molecular flexibility index (Phi) is 3.18. The van der Waals surface area contributed by atoms with Crippen molar-refractivity contribution in [2.75, 3.05) is 5.32 Å². The molecule has 0 radical (unpaired) electrons. The van der Waals surface area contributed by atoms with Gasteiger partial charge in [0.2, 0.25) is 0 Å². The van der Waals surface area contributed by atoms with Crippen molar-refractivity contribution in [1.82, 2.24) is 9.97 Å². The minimum Gasteiger partial charge on any atom is -0.363 e. The number of nitrogens with one attached hydrogen (secondary N) is 1. The number of anilines is 1. The van der Waals surface area contributed by atoms with Gasteiger partial charge in [0, 0.05) is 10.9 Å². The monoisotopic (exact) mass is 239 g/mol. The van der Waals surface area contributed by atoms with E-state index >= 15 is 0 Å². The number of thiophene rings is 1. The lowest BCUT2D eigenvalue weighted by Crippen LogP contribution is -2.06. The second-order valence-electron chi connectivity index (χ2n) is 3.11. The molecule has 1 N–H and O–H groups in total. The summed E-state index contributed by atoms with van der Waals surface area (Å²) in [5, 5.41) is 5.77. The molecular formula is C10H10ClN3S. The minimum absolute atomic E-state index is 0.232. The Bertz CT molecular complexity index is 430. The van der Waals surface area contributed by atoms with Crippen LogP contribution in [-0.2, 0) is 0 Å². The maximum Gasteiger partial charge on any atom is 0.134 e. The topological polar surface area (TPSA) is 37.8 Å². The first kappa shape index (κ1) is 10.4. The first-order valence-corrected chi connectivity index (χ1v) is 5.79. The van der Waals surface area contributed by atoms with Crippen LogP contribution in [-0.4, -0.2) is 9.97 Å². The molecule has 1 unspecified atom stereocenters. The lowest BCUT2D eigenvalue weighted by Gasteiger charge is -2.12. The molecule has 0 aliphatic rings. The third kappa shape index (κ3) is 2.67. The van der Waals surface area contributed by atoms with E-state index in [2.05, 4.69) is 33.7 Å². The van der Waals surface area contributed by atoms with E-state index in [0.29, 0.717) is 5.15 Å². The van der Waals surface area contributed by atoms with E-state index in [1.165, 1.54) is 11.2 Å². The van der Waals surface area contributed by atoms with E-state index in [9.17, 15) is 0 Å². The summed E-state index contributed by atoms with van der Waals surface area (Å²) in [4.78, 5) is 9.18. The van der Waals surface area contributed by atoms with Crippen LogP contribution in [0.3, 0.4) is 0 Å². The van der Waals surface area contributed by atoms with Gasteiger partial charge in [0.25, 0.3) is 0 Å². The maximum atomic E-state index is 5.76. The lowest BCUT2D eigenvalue weighted by atomic mass is 10.3. The summed E-state index contributed by atoms with van der Waals surface area (Å²) in [6, 6.07) is 6.07. The summed E-state index contributed by atoms with van der Waals surface area (Å²) >= 11 is 7.48. The molecule has 3 nitrogen and oxygen atoms in total. The predicted octanol–water partition coefficient (Wildman–Crippen LogP) is 3.36. The van der Waals surface area contributed by atoms with Crippen LogP contribution in [0.4, 0.5) is 5.82 Å². The van der Waals surface area contributed by atoms with Crippen LogP contribution in [0.2, 0.25) is 5.15 Å². The van der Waals surface area contributed by atoms with Crippen molar-refractivity contribution >= 4 is 28.8 Å². The molecule has 78 valence electrons. The van der Waals surface area contributed by atoms with Crippen molar-refractivity contribution < 1.29 is 0 Å². The van der Waals surface area contributed by atoms with Gasteiger partial charge in [-0.2, -0.15) is 0 Å². The smallest absolute Gasteiger partial charge is 0.134 e. The number of hydrogen-bond acceptors (Lipinski definition) is 4. The number of halogens is 1. The van der Waals surface area contributed by atoms with Crippen LogP contribution in [0.15, 0.2) is 29.9 Å². The van der Waals surface area contributed by atoms with Gasteiger partial charge in [-0.15, -0.1) is 11.3 Å². The fourth-order valence-electron chi connectivity index (χ4n) is 1.24. The predicted molar refractivity (Wildman–Crippen MR) is 63.4 cm³/mol. The molecule has 15 heavy (non-hydrogen) atoms. The second kappa shape index (κ2) is 4.59. The average molecular weight is 240 g/mol. The molecule has 2 rings (SSSR count). The molecule has 5 heteroatoms. The van der Waals surface area contributed by atoms with E-state index in [0.717, 1.165) is 5.82 Å². The van der Waals surface area contributed by atoms with E-state index in [1.54, 1.807) is 17.4 Å². The van der Waals surface area contributed by atoms with Crippen LogP contribution < -0.4 is 5.32 Å². The molecule has 0 aliphatic heterocycles. The minimum atomic E-state index is 0.232. The number of rotatable bonds is 3. The first-order valence-electron chi connectivity index (χ1n) is 4.53. The molecule has 0 spiro atoms. The zero-order valence-electron chi connectivity index (χ0n) is 8.14. The van der Waals surface area contributed by atoms with Crippen molar-refractivity contribution in [2.24, 2.45) is 0 Å². The highest BCUT2D eigenvalue weighted by Gasteiger charge is 2.06. The SMILES string of the molecule is CC(Nc1cc(Cl)ncn1)c1cccs1. The Hall–Kier alpha value is -1.13. The average Bonchev–Trinajstić information content (AvgIpc) is 2.70. The van der Waals surface area contributed by atoms with Crippen molar-refractivity contribution in [2.45, 2.75) is 13.0 Å². The van der Waals surface area contributed by atoms with Gasteiger partial charge < -0.3 is 5.32 Å². The summed E-state index contributed by atoms with van der Waals surface area (Å²) in [5.41, 5.74) is 0. The zero-order valence-corrected chi connectivity index (χ0v) is 9.72. The number of nitrogens with zero attached hydrogens (tertiary/aromatic N) is 2. The van der Waals surface area contributed by atoms with Gasteiger partial charge in [-0.1, -0.05) is 17.7 Å². The number of hydrogen-bond donors (Lipinski definition) is 1. The Labute approximate surface area is 97.2 Å². The normalized spacial score (nSPS) is 12.4. The fourth-order valence-corrected chi connectivity index (χ4v) is 2.12. The Morgan fingerprint density at radius 1 is 1.47 bits per heavy atom. The fraction of sp³-hybridized carbons (Fsp3) is 0.200. The third-order valence-electron chi connectivity index (χ3n) is 1.97. The lowest BCUT2D eigenvalue weighted by molar-refractivity contribution is 0.893. The van der Waals surface area contributed by atoms with Gasteiger partial charge >= 0.3 is 0 Å². The van der Waals surface area contributed by atoms with Crippen molar-refractivity contribution in [3.05, 3.63) is 39.9 Å². The Balaban J connectivity index is 2.09. The summed E-state index contributed by atoms with van der Waals surface area (Å²) in [7, 11) is 0. The standard InChI is InChI=1S/C10H10ClN3S/c1-7(8-3-2-4-15-8)14-10-5-9(11)12-6-13-10/h2-7H,1H3,(H,12,13,14). The summed E-state index contributed by atoms with van der Waals surface area (Å²) in [6.07, 6.45) is 1.45. The molecule has 2 aromatic rings. The quantitative estimate of drug-likeness (QED) is 0.835. The van der Waals surface area contributed by atoms with Gasteiger partial charge in [-0.25, -0.2) is 9.97 Å². The van der Waals surface area contributed by atoms with Crippen LogP contribution in [0.25, 0.3) is 0 Å². The van der Waals surface area contributed by atoms with Crippen LogP contribution in [0.1, 0.15) is 17.8 Å². The molecule has 0 saturated carbocycles. The van der Waals surface area contributed by atoms with Crippen molar-refractivity contribution in [3.8, 4) is 0 Å². The third-order valence-corrected chi connectivity index (χ3v) is 3.23. The zero-order chi connectivity index (χ0) is 10.7. The van der Waals surface area contributed by atoms with E-state index in [4.69, 9.17) is 11.6 Å². The molecule has 0 aliphatic carbocycles. The highest BCUT2D eigenvalue weighted by Crippen LogP contribution is 2.22. The first-order chi connectivity index (χ1) is 7.25. The van der Waals surface area contributed by atoms with Gasteiger partial charge in [0.05, 0.1) is 6.04 Å². The molecule has 1 atom stereocenters. The highest BCUT2D eigenvalue weighted by molar-refractivity contribution is 7.10. The van der Waals surface area contributed by atoms with E-state index in [-0.39, 0.29) is 6.04 Å². The van der Waals surface area contributed by atoms with Gasteiger partial charge in [0.1, 0.15) is 17.3 Å². The van der Waals surface area contributed by atoms with Gasteiger partial charge in [-0.3, -0.25) is 0 Å². The number of aromatic nitrogens is 2.